The normalized spacial score (nSPS) is 16.1. The molecule has 0 bridgehead atoms. The van der Waals surface area contributed by atoms with Gasteiger partial charge in [-0.05, 0) is 26.0 Å². The van der Waals surface area contributed by atoms with Crippen LogP contribution in [-0.4, -0.2) is 35.3 Å². The lowest BCUT2D eigenvalue weighted by atomic mass is 10.2. The Morgan fingerprint density at radius 1 is 1.21 bits per heavy atom. The smallest absolute Gasteiger partial charge is 0.358 e. The third-order valence-electron chi connectivity index (χ3n) is 2.28. The molecule has 1 unspecified atom stereocenters. The monoisotopic (exact) mass is 310 g/mol. The van der Waals surface area contributed by atoms with E-state index in [-0.39, 0.29) is 4.90 Å². The molecule has 7 nitrogen and oxygen atoms in total. The van der Waals surface area contributed by atoms with Gasteiger partial charge in [-0.2, -0.15) is 8.42 Å². The predicted molar refractivity (Wildman–Crippen MR) is 67.0 cm³/mol. The molecule has 0 heterocycles. The Labute approximate surface area is 111 Å². The second kappa shape index (κ2) is 5.70. The molecule has 0 saturated carbocycles. The van der Waals surface area contributed by atoms with Crippen LogP contribution in [0.25, 0.3) is 0 Å². The van der Waals surface area contributed by atoms with E-state index in [0.717, 1.165) is 12.5 Å². The number of aliphatic hydroxyl groups is 1. The molecule has 3 N–H and O–H groups in total. The van der Waals surface area contributed by atoms with E-state index < -0.39 is 29.7 Å². The molecule has 0 aliphatic rings. The summed E-state index contributed by atoms with van der Waals surface area (Å²) in [6.45, 7) is 2.79. The predicted octanol–water partition coefficient (Wildman–Crippen LogP) is 0.585. The van der Waals surface area contributed by atoms with Crippen LogP contribution in [0.2, 0.25) is 0 Å². The molecular formula is C10H15O7PS. The molecule has 0 saturated heterocycles. The second-order valence-electron chi connectivity index (χ2n) is 4.08. The molecular weight excluding hydrogens is 295 g/mol. The van der Waals surface area contributed by atoms with Gasteiger partial charge < -0.3 is 14.9 Å². The van der Waals surface area contributed by atoms with Crippen LogP contribution in [0.4, 0.5) is 0 Å². The Morgan fingerprint density at radius 3 is 2.05 bits per heavy atom. The van der Waals surface area contributed by atoms with Crippen molar-refractivity contribution < 1.29 is 32.1 Å². The second-order valence-corrected chi connectivity index (χ2v) is 7.34. The van der Waals surface area contributed by atoms with Gasteiger partial charge in [0.15, 0.2) is 0 Å². The average Bonchev–Trinajstić information content (AvgIpc) is 2.24. The van der Waals surface area contributed by atoms with Crippen LogP contribution in [0.15, 0.2) is 29.2 Å². The fraction of sp³-hybridized carbons (Fsp3) is 0.400. The Balaban J connectivity index is 3.08. The number of rotatable bonds is 5. The van der Waals surface area contributed by atoms with Crippen LogP contribution >= 0.6 is 7.60 Å². The first-order chi connectivity index (χ1) is 8.54. The Bertz CT molecular complexity index is 572. The maximum absolute atomic E-state index is 11.8. The highest BCUT2D eigenvalue weighted by molar-refractivity contribution is 7.87. The molecule has 1 rings (SSSR count). The van der Waals surface area contributed by atoms with Crippen molar-refractivity contribution in [2.45, 2.75) is 30.7 Å². The van der Waals surface area contributed by atoms with Gasteiger partial charge in [0.1, 0.15) is 0 Å². The number of hydrogen-bond donors (Lipinski definition) is 3. The van der Waals surface area contributed by atoms with E-state index in [0.29, 0.717) is 0 Å². The van der Waals surface area contributed by atoms with Gasteiger partial charge in [0.05, 0.1) is 11.0 Å². The van der Waals surface area contributed by atoms with E-state index in [1.165, 1.54) is 24.3 Å². The molecule has 0 amide bonds. The van der Waals surface area contributed by atoms with E-state index in [2.05, 4.69) is 4.18 Å². The molecule has 19 heavy (non-hydrogen) atoms. The highest BCUT2D eigenvalue weighted by Gasteiger charge is 2.38. The minimum Gasteiger partial charge on any atom is -0.390 e. The molecule has 0 fully saturated rings. The van der Waals surface area contributed by atoms with Gasteiger partial charge in [-0.15, -0.1) is 0 Å². The summed E-state index contributed by atoms with van der Waals surface area (Å²) < 4.78 is 39.2. The summed E-state index contributed by atoms with van der Waals surface area (Å²) in [6.07, 6.45) is -1.64. The zero-order valence-electron chi connectivity index (χ0n) is 10.3. The molecule has 0 aliphatic carbocycles. The third-order valence-corrected chi connectivity index (χ3v) is 4.93. The Kier molecular flexibility index (Phi) is 4.89. The van der Waals surface area contributed by atoms with Crippen LogP contribution < -0.4 is 0 Å². The van der Waals surface area contributed by atoms with Crippen LogP contribution in [0.1, 0.15) is 12.5 Å². The number of aryl methyl sites for hydroxylation is 1. The van der Waals surface area contributed by atoms with E-state index in [1.807, 2.05) is 0 Å². The van der Waals surface area contributed by atoms with Gasteiger partial charge >= 0.3 is 7.60 Å². The maximum atomic E-state index is 11.8. The van der Waals surface area contributed by atoms with Crippen molar-refractivity contribution in [1.29, 1.82) is 0 Å². The van der Waals surface area contributed by atoms with Gasteiger partial charge in [-0.1, -0.05) is 17.7 Å². The van der Waals surface area contributed by atoms with E-state index in [4.69, 9.17) is 9.79 Å². The molecule has 1 aromatic rings. The van der Waals surface area contributed by atoms with Gasteiger partial charge in [-0.3, -0.25) is 4.57 Å². The molecule has 1 aromatic carbocycles. The van der Waals surface area contributed by atoms with E-state index >= 15 is 0 Å². The van der Waals surface area contributed by atoms with Crippen LogP contribution in [0.3, 0.4) is 0 Å². The first kappa shape index (κ1) is 16.3. The third kappa shape index (κ3) is 4.38. The Hall–Kier alpha value is -0.760. The lowest BCUT2D eigenvalue weighted by Crippen LogP contribution is -2.29. The molecule has 9 heteroatoms. The first-order valence-electron chi connectivity index (χ1n) is 5.27. The lowest BCUT2D eigenvalue weighted by molar-refractivity contribution is 0.0824. The van der Waals surface area contributed by atoms with Gasteiger partial charge in [-0.25, -0.2) is 4.18 Å². The van der Waals surface area contributed by atoms with Crippen molar-refractivity contribution in [3.05, 3.63) is 29.8 Å². The summed E-state index contributed by atoms with van der Waals surface area (Å²) in [5.41, 5.74) is 0.820. The minimum absolute atomic E-state index is 0.239. The highest BCUT2D eigenvalue weighted by Crippen LogP contribution is 2.44. The van der Waals surface area contributed by atoms with Crippen molar-refractivity contribution in [3.8, 4) is 0 Å². The summed E-state index contributed by atoms with van der Waals surface area (Å²) in [4.78, 5) is 17.7. The lowest BCUT2D eigenvalue weighted by Gasteiger charge is -2.20. The molecule has 0 aromatic heterocycles. The Morgan fingerprint density at radius 2 is 1.68 bits per heavy atom. The van der Waals surface area contributed by atoms with E-state index in [9.17, 15) is 18.1 Å². The zero-order valence-corrected chi connectivity index (χ0v) is 12.0. The molecule has 108 valence electrons. The van der Waals surface area contributed by atoms with Crippen LogP contribution in [0, 0.1) is 6.92 Å². The van der Waals surface area contributed by atoms with Gasteiger partial charge in [0, 0.05) is 0 Å². The molecule has 0 spiro atoms. The minimum atomic E-state index is -4.91. The van der Waals surface area contributed by atoms with Crippen molar-refractivity contribution in [2.24, 2.45) is 0 Å². The molecule has 0 aliphatic heterocycles. The summed E-state index contributed by atoms with van der Waals surface area (Å²) >= 11 is 0. The van der Waals surface area contributed by atoms with Gasteiger partial charge in [0.2, 0.25) is 5.85 Å². The summed E-state index contributed by atoms with van der Waals surface area (Å²) in [5, 5.41) is 9.22. The molecule has 2 atom stereocenters. The quantitative estimate of drug-likeness (QED) is 0.537. The largest absolute Gasteiger partial charge is 0.390 e. The summed E-state index contributed by atoms with van der Waals surface area (Å²) in [7, 11) is -9.27. The van der Waals surface area contributed by atoms with E-state index in [1.54, 1.807) is 6.92 Å². The number of aliphatic hydroxyl groups excluding tert-OH is 1. The summed E-state index contributed by atoms with van der Waals surface area (Å²) in [5.74, 6) is -2.13. The van der Waals surface area contributed by atoms with Crippen LogP contribution in [-0.2, 0) is 18.9 Å². The van der Waals surface area contributed by atoms with Crippen molar-refractivity contribution in [2.75, 3.05) is 0 Å². The fourth-order valence-electron chi connectivity index (χ4n) is 1.31. The van der Waals surface area contributed by atoms with Crippen molar-refractivity contribution >= 4 is 17.7 Å². The zero-order chi connectivity index (χ0) is 14.8. The average molecular weight is 310 g/mol. The standard InChI is InChI=1S/C10H15O7PS/c1-7-3-5-9(6-4-7)19(15,16)17-10(8(2)11)18(12,13)14/h3-6,8,10-11H,1-2H3,(H2,12,13,14)/t8?,10-/m0/s1. The highest BCUT2D eigenvalue weighted by atomic mass is 32.2. The van der Waals surface area contributed by atoms with Crippen molar-refractivity contribution in [1.82, 2.24) is 0 Å². The summed E-state index contributed by atoms with van der Waals surface area (Å²) in [6, 6.07) is 5.54. The van der Waals surface area contributed by atoms with Crippen LogP contribution in [0.5, 0.6) is 0 Å². The fourth-order valence-corrected chi connectivity index (χ4v) is 3.66. The van der Waals surface area contributed by atoms with Gasteiger partial charge in [0.25, 0.3) is 10.1 Å². The topological polar surface area (TPSA) is 121 Å². The first-order valence-corrected chi connectivity index (χ1v) is 8.36. The van der Waals surface area contributed by atoms with Crippen molar-refractivity contribution in [3.63, 3.8) is 0 Å². The maximum Gasteiger partial charge on any atom is 0.358 e. The number of hydrogen-bond acceptors (Lipinski definition) is 5. The molecule has 0 radical (unpaired) electrons. The SMILES string of the molecule is Cc1ccc(S(=O)(=O)O[C@H](C(C)O)P(=O)(O)O)cc1. The number of benzene rings is 1.